The van der Waals surface area contributed by atoms with Crippen molar-refractivity contribution in [1.29, 1.82) is 0 Å². The molecule has 0 aromatic heterocycles. The second kappa shape index (κ2) is 21.2. The van der Waals surface area contributed by atoms with Crippen LogP contribution in [0.5, 0.6) is 0 Å². The molecule has 1 saturated heterocycles. The minimum Gasteiger partial charge on any atom is -0.396 e. The van der Waals surface area contributed by atoms with E-state index in [9.17, 15) is 4.79 Å². The number of nitrogens with one attached hydrogen (secondary N) is 2. The maximum Gasteiger partial charge on any atom is 0.276 e. The van der Waals surface area contributed by atoms with Crippen molar-refractivity contribution < 1.29 is 19.5 Å². The molecule has 3 N–H and O–H groups in total. The number of hydrogen-bond acceptors (Lipinski definition) is 7. The molecule has 0 bridgehead atoms. The molecule has 8 nitrogen and oxygen atoms in total. The summed E-state index contributed by atoms with van der Waals surface area (Å²) in [5.74, 6) is 0.791. The average Bonchev–Trinajstić information content (AvgIpc) is 2.93. The zero-order chi connectivity index (χ0) is 28.0. The minimum absolute atomic E-state index is 0.226. The number of carbonyl (C=O) groups excluding carboxylic acids is 1. The summed E-state index contributed by atoms with van der Waals surface area (Å²) in [4.78, 5) is 24.2. The third kappa shape index (κ3) is 14.8. The molecule has 0 spiro atoms. The molecule has 8 heteroatoms. The molecule has 1 aromatic rings. The van der Waals surface area contributed by atoms with E-state index in [1.807, 2.05) is 49.5 Å². The van der Waals surface area contributed by atoms with Crippen LogP contribution in [0.25, 0.3) is 6.08 Å². The number of amides is 1. The Morgan fingerprint density at radius 1 is 1.34 bits per heavy atom. The molecular weight excluding hydrogens is 480 g/mol. The number of ether oxygens (including phenoxy) is 1. The normalized spacial score (nSPS) is 16.7. The minimum atomic E-state index is -0.374. The van der Waals surface area contributed by atoms with Gasteiger partial charge in [-0.15, -0.1) is 0 Å². The summed E-state index contributed by atoms with van der Waals surface area (Å²) in [6.07, 6.45) is 11.4. The van der Waals surface area contributed by atoms with E-state index in [-0.39, 0.29) is 18.8 Å². The standard InChI is InChI=1S/C20H36N4O3.C10H12O/c1-6-11-24(15-16(3)13-21-5)17(4)22-14-18(7-2)20(25)23-27-19-10-8-9-12-26-19;11-9-5-4-8-10-6-2-1-3-7-10/h7,14,16,19,21H,4,6,8-13,15H2,1-3,5H3,(H,23,25);1-4,6-8,11H,5,9H2/b18-7+,22-14-;8-4+. The van der Waals surface area contributed by atoms with Gasteiger partial charge in [0.1, 0.15) is 5.82 Å². The second-order valence-electron chi connectivity index (χ2n) is 9.20. The van der Waals surface area contributed by atoms with Gasteiger partial charge in [-0.3, -0.25) is 4.79 Å². The Bertz CT molecular complexity index is 864. The van der Waals surface area contributed by atoms with E-state index in [1.165, 1.54) is 11.8 Å². The fourth-order valence-corrected chi connectivity index (χ4v) is 3.72. The molecule has 2 unspecified atom stereocenters. The molecular formula is C30H48N4O4. The highest BCUT2D eigenvalue weighted by Gasteiger charge is 2.17. The number of carbonyl (C=O) groups is 1. The number of benzene rings is 1. The number of aliphatic imine (C=N–C) groups is 1. The topological polar surface area (TPSA) is 95.4 Å². The van der Waals surface area contributed by atoms with E-state index in [4.69, 9.17) is 14.7 Å². The maximum absolute atomic E-state index is 12.3. The van der Waals surface area contributed by atoms with Gasteiger partial charge in [0.15, 0.2) is 6.29 Å². The highest BCUT2D eigenvalue weighted by molar-refractivity contribution is 6.11. The molecule has 2 atom stereocenters. The Labute approximate surface area is 229 Å². The van der Waals surface area contributed by atoms with Gasteiger partial charge in [0, 0.05) is 38.9 Å². The predicted molar refractivity (Wildman–Crippen MR) is 156 cm³/mol. The summed E-state index contributed by atoms with van der Waals surface area (Å²) in [5, 5.41) is 11.7. The number of aliphatic hydroxyl groups excluding tert-OH is 1. The number of nitrogens with zero attached hydrogens (tertiary/aromatic N) is 2. The molecule has 0 radical (unpaired) electrons. The Balaban J connectivity index is 0.000000544. The summed E-state index contributed by atoms with van der Waals surface area (Å²) >= 11 is 0. The predicted octanol–water partition coefficient (Wildman–Crippen LogP) is 4.70. The smallest absolute Gasteiger partial charge is 0.276 e. The second-order valence-corrected chi connectivity index (χ2v) is 9.20. The van der Waals surface area contributed by atoms with E-state index in [0.29, 0.717) is 23.9 Å². The van der Waals surface area contributed by atoms with Crippen LogP contribution < -0.4 is 10.8 Å². The molecule has 2 rings (SSSR count). The first-order valence-electron chi connectivity index (χ1n) is 13.6. The zero-order valence-corrected chi connectivity index (χ0v) is 23.7. The monoisotopic (exact) mass is 528 g/mol. The summed E-state index contributed by atoms with van der Waals surface area (Å²) in [6, 6.07) is 10.1. The number of allylic oxidation sites excluding steroid dienone is 1. The lowest BCUT2D eigenvalue weighted by atomic mass is 10.1. The van der Waals surface area contributed by atoms with Gasteiger partial charge >= 0.3 is 0 Å². The van der Waals surface area contributed by atoms with Crippen LogP contribution in [0, 0.1) is 5.92 Å². The van der Waals surface area contributed by atoms with E-state index in [1.54, 1.807) is 13.0 Å². The SMILES string of the molecule is C=C(/N=C\C(=C/C)C(=O)NOC1CCCCO1)N(CCC)CC(C)CNC.OCC/C=C/c1ccccc1. The van der Waals surface area contributed by atoms with Gasteiger partial charge in [-0.05, 0) is 57.7 Å². The van der Waals surface area contributed by atoms with Crippen molar-refractivity contribution in [2.45, 2.75) is 59.2 Å². The van der Waals surface area contributed by atoms with Gasteiger partial charge in [-0.25, -0.2) is 15.3 Å². The van der Waals surface area contributed by atoms with Crippen LogP contribution in [-0.2, 0) is 14.4 Å². The highest BCUT2D eigenvalue weighted by Crippen LogP contribution is 2.13. The van der Waals surface area contributed by atoms with Crippen LogP contribution in [0.2, 0.25) is 0 Å². The van der Waals surface area contributed by atoms with Gasteiger partial charge < -0.3 is 20.1 Å². The van der Waals surface area contributed by atoms with Gasteiger partial charge in [0.05, 0.1) is 5.57 Å². The number of hydroxylamine groups is 1. The molecule has 212 valence electrons. The summed E-state index contributed by atoms with van der Waals surface area (Å²) in [6.45, 7) is 13.7. The van der Waals surface area contributed by atoms with Crippen LogP contribution >= 0.6 is 0 Å². The molecule has 1 aromatic carbocycles. The molecule has 1 fully saturated rings. The number of hydrogen-bond donors (Lipinski definition) is 3. The number of rotatable bonds is 15. The molecule has 1 aliphatic rings. The van der Waals surface area contributed by atoms with E-state index in [2.05, 4.69) is 41.1 Å². The lowest BCUT2D eigenvalue weighted by molar-refractivity contribution is -0.198. The van der Waals surface area contributed by atoms with Crippen molar-refractivity contribution in [3.05, 3.63) is 66.0 Å². The van der Waals surface area contributed by atoms with Crippen molar-refractivity contribution in [1.82, 2.24) is 15.7 Å². The Hall–Kier alpha value is -2.78. The molecule has 0 aliphatic carbocycles. The summed E-state index contributed by atoms with van der Waals surface area (Å²) < 4.78 is 5.44. The van der Waals surface area contributed by atoms with E-state index >= 15 is 0 Å². The third-order valence-corrected chi connectivity index (χ3v) is 5.70. The van der Waals surface area contributed by atoms with Crippen LogP contribution in [0.3, 0.4) is 0 Å². The van der Waals surface area contributed by atoms with Crippen molar-refractivity contribution in [2.75, 3.05) is 39.9 Å². The lowest BCUT2D eigenvalue weighted by Gasteiger charge is -2.27. The van der Waals surface area contributed by atoms with E-state index < -0.39 is 0 Å². The van der Waals surface area contributed by atoms with Gasteiger partial charge in [-0.1, -0.05) is 69.0 Å². The fourth-order valence-electron chi connectivity index (χ4n) is 3.72. The van der Waals surface area contributed by atoms with Crippen LogP contribution in [0.15, 0.2) is 65.4 Å². The zero-order valence-electron chi connectivity index (χ0n) is 23.7. The summed E-state index contributed by atoms with van der Waals surface area (Å²) in [7, 11) is 1.95. The fraction of sp³-hybridized carbons (Fsp3) is 0.533. The highest BCUT2D eigenvalue weighted by atomic mass is 16.8. The van der Waals surface area contributed by atoms with Gasteiger partial charge in [0.2, 0.25) is 0 Å². The Morgan fingerprint density at radius 3 is 2.71 bits per heavy atom. The van der Waals surface area contributed by atoms with Crippen molar-refractivity contribution >= 4 is 18.2 Å². The Kier molecular flexibility index (Phi) is 18.5. The van der Waals surface area contributed by atoms with Crippen LogP contribution in [-0.4, -0.2) is 68.3 Å². The molecule has 38 heavy (non-hydrogen) atoms. The molecule has 1 heterocycles. The molecule has 0 saturated carbocycles. The maximum atomic E-state index is 12.3. The van der Waals surface area contributed by atoms with Crippen LogP contribution in [0.4, 0.5) is 0 Å². The molecule has 1 aliphatic heterocycles. The van der Waals surface area contributed by atoms with Crippen molar-refractivity contribution in [3.63, 3.8) is 0 Å². The first-order valence-corrected chi connectivity index (χ1v) is 13.6. The van der Waals surface area contributed by atoms with Crippen molar-refractivity contribution in [3.8, 4) is 0 Å². The lowest BCUT2D eigenvalue weighted by Crippen LogP contribution is -2.34. The third-order valence-electron chi connectivity index (χ3n) is 5.70. The number of aliphatic hydroxyl groups is 1. The van der Waals surface area contributed by atoms with E-state index in [0.717, 1.165) is 51.7 Å². The summed E-state index contributed by atoms with van der Waals surface area (Å²) in [5.41, 5.74) is 4.06. The Morgan fingerprint density at radius 2 is 2.11 bits per heavy atom. The first kappa shape index (κ1) is 33.2. The quantitative estimate of drug-likeness (QED) is 0.174. The van der Waals surface area contributed by atoms with Crippen LogP contribution in [0.1, 0.15) is 58.4 Å². The van der Waals surface area contributed by atoms with Gasteiger partial charge in [-0.2, -0.15) is 0 Å². The largest absolute Gasteiger partial charge is 0.396 e. The van der Waals surface area contributed by atoms with Crippen molar-refractivity contribution in [2.24, 2.45) is 10.9 Å². The van der Waals surface area contributed by atoms with Gasteiger partial charge in [0.25, 0.3) is 5.91 Å². The average molecular weight is 529 g/mol. The first-order chi connectivity index (χ1) is 18.4. The molecule has 1 amide bonds.